The smallest absolute Gasteiger partial charge is 0.0793 e. The van der Waals surface area contributed by atoms with E-state index in [9.17, 15) is 5.11 Å². The molecule has 0 bridgehead atoms. The Morgan fingerprint density at radius 3 is 2.47 bits per heavy atom. The first kappa shape index (κ1) is 12.3. The predicted octanol–water partition coefficient (Wildman–Crippen LogP) is 3.80. The average molecular weight is 222 g/mol. The molecule has 82 valence electrons. The van der Waals surface area contributed by atoms with Crippen molar-refractivity contribution in [2.75, 3.05) is 6.26 Å². The van der Waals surface area contributed by atoms with Crippen molar-refractivity contribution in [3.05, 3.63) is 42.0 Å². The lowest BCUT2D eigenvalue weighted by molar-refractivity contribution is 0.168. The van der Waals surface area contributed by atoms with E-state index in [0.29, 0.717) is 0 Å². The molecular weight excluding hydrogens is 204 g/mol. The second kappa shape index (κ2) is 5.99. The molecule has 1 rings (SSSR count). The molecule has 0 aromatic heterocycles. The van der Waals surface area contributed by atoms with Crippen LogP contribution in [0.2, 0.25) is 0 Å². The van der Waals surface area contributed by atoms with Crippen LogP contribution in [0.4, 0.5) is 0 Å². The first-order chi connectivity index (χ1) is 7.13. The highest BCUT2D eigenvalue weighted by molar-refractivity contribution is 7.98. The number of aliphatic hydroxyl groups excluding tert-OH is 1. The highest BCUT2D eigenvalue weighted by Crippen LogP contribution is 2.22. The zero-order chi connectivity index (χ0) is 11.3. The van der Waals surface area contributed by atoms with Gasteiger partial charge in [0.15, 0.2) is 0 Å². The van der Waals surface area contributed by atoms with Crippen LogP contribution in [0.15, 0.2) is 41.3 Å². The number of hydrogen-bond acceptors (Lipinski definition) is 2. The van der Waals surface area contributed by atoms with Crippen LogP contribution in [0.3, 0.4) is 0 Å². The number of benzene rings is 1. The van der Waals surface area contributed by atoms with Crippen LogP contribution in [0.5, 0.6) is 0 Å². The van der Waals surface area contributed by atoms with E-state index in [1.807, 2.05) is 37.4 Å². The van der Waals surface area contributed by atoms with Crippen LogP contribution in [0.1, 0.15) is 31.4 Å². The zero-order valence-corrected chi connectivity index (χ0v) is 10.2. The summed E-state index contributed by atoms with van der Waals surface area (Å²) in [4.78, 5) is 1.23. The van der Waals surface area contributed by atoms with Crippen LogP contribution < -0.4 is 0 Å². The van der Waals surface area contributed by atoms with E-state index < -0.39 is 0 Å². The van der Waals surface area contributed by atoms with E-state index in [0.717, 1.165) is 24.0 Å². The summed E-state index contributed by atoms with van der Waals surface area (Å²) in [6.07, 6.45) is 3.32. The fourth-order valence-electron chi connectivity index (χ4n) is 1.38. The highest BCUT2D eigenvalue weighted by Gasteiger charge is 2.06. The molecule has 1 aromatic carbocycles. The molecule has 1 unspecified atom stereocenters. The summed E-state index contributed by atoms with van der Waals surface area (Å²) in [7, 11) is 0. The topological polar surface area (TPSA) is 20.2 Å². The van der Waals surface area contributed by atoms with E-state index in [4.69, 9.17) is 0 Å². The molecule has 0 aliphatic heterocycles. The second-order valence-corrected chi connectivity index (χ2v) is 4.66. The van der Waals surface area contributed by atoms with Gasteiger partial charge in [0.2, 0.25) is 0 Å². The molecule has 1 aromatic rings. The molecule has 0 radical (unpaired) electrons. The molecule has 0 aliphatic carbocycles. The summed E-state index contributed by atoms with van der Waals surface area (Å²) in [5.74, 6) is 0. The summed E-state index contributed by atoms with van der Waals surface area (Å²) in [5.41, 5.74) is 2.11. The molecular formula is C13H18OS. The second-order valence-electron chi connectivity index (χ2n) is 3.78. The summed E-state index contributed by atoms with van der Waals surface area (Å²) >= 11 is 1.71. The summed E-state index contributed by atoms with van der Waals surface area (Å²) in [6.45, 7) is 5.82. The van der Waals surface area contributed by atoms with Gasteiger partial charge in [-0.05, 0) is 43.7 Å². The Hall–Kier alpha value is -0.730. The Bertz CT molecular complexity index is 316. The Morgan fingerprint density at radius 1 is 1.40 bits per heavy atom. The van der Waals surface area contributed by atoms with E-state index in [-0.39, 0.29) is 6.10 Å². The number of hydrogen-bond donors (Lipinski definition) is 1. The standard InChI is InChI=1S/C13H18OS/c1-10(2)4-9-13(14)11-5-7-12(15-3)8-6-11/h5-8,13-14H,1,4,9H2,2-3H3. The molecule has 0 spiro atoms. The summed E-state index contributed by atoms with van der Waals surface area (Å²) in [6, 6.07) is 8.08. The van der Waals surface area contributed by atoms with Gasteiger partial charge in [0.05, 0.1) is 6.10 Å². The van der Waals surface area contributed by atoms with Crippen LogP contribution in [0.25, 0.3) is 0 Å². The van der Waals surface area contributed by atoms with Crippen LogP contribution >= 0.6 is 11.8 Å². The molecule has 2 heteroatoms. The van der Waals surface area contributed by atoms with Crippen molar-refractivity contribution in [2.45, 2.75) is 30.8 Å². The van der Waals surface area contributed by atoms with Crippen LogP contribution in [-0.4, -0.2) is 11.4 Å². The van der Waals surface area contributed by atoms with Gasteiger partial charge in [-0.15, -0.1) is 18.3 Å². The predicted molar refractivity (Wildman–Crippen MR) is 67.2 cm³/mol. The van der Waals surface area contributed by atoms with Crippen molar-refractivity contribution in [3.8, 4) is 0 Å². The number of aliphatic hydroxyl groups is 1. The van der Waals surface area contributed by atoms with Crippen molar-refractivity contribution in [2.24, 2.45) is 0 Å². The monoisotopic (exact) mass is 222 g/mol. The largest absolute Gasteiger partial charge is 0.388 e. The molecule has 0 aliphatic rings. The molecule has 1 nitrogen and oxygen atoms in total. The minimum Gasteiger partial charge on any atom is -0.388 e. The fourth-order valence-corrected chi connectivity index (χ4v) is 1.78. The number of rotatable bonds is 5. The molecule has 0 saturated heterocycles. The van der Waals surface area contributed by atoms with Gasteiger partial charge >= 0.3 is 0 Å². The van der Waals surface area contributed by atoms with E-state index >= 15 is 0 Å². The third-order valence-corrected chi connectivity index (χ3v) is 3.09. The molecule has 0 saturated carbocycles. The van der Waals surface area contributed by atoms with Gasteiger partial charge in [0, 0.05) is 4.90 Å². The molecule has 15 heavy (non-hydrogen) atoms. The van der Waals surface area contributed by atoms with Gasteiger partial charge in [-0.3, -0.25) is 0 Å². The van der Waals surface area contributed by atoms with Gasteiger partial charge in [-0.1, -0.05) is 17.7 Å². The third-order valence-electron chi connectivity index (χ3n) is 2.35. The fraction of sp³-hybridized carbons (Fsp3) is 0.385. The number of allylic oxidation sites excluding steroid dienone is 1. The van der Waals surface area contributed by atoms with E-state index in [1.165, 1.54) is 4.90 Å². The molecule has 0 amide bonds. The van der Waals surface area contributed by atoms with Crippen LogP contribution in [-0.2, 0) is 0 Å². The van der Waals surface area contributed by atoms with E-state index in [2.05, 4.69) is 6.58 Å². The van der Waals surface area contributed by atoms with Gasteiger partial charge in [0.1, 0.15) is 0 Å². The van der Waals surface area contributed by atoms with E-state index in [1.54, 1.807) is 11.8 Å². The van der Waals surface area contributed by atoms with Crippen molar-refractivity contribution in [1.82, 2.24) is 0 Å². The zero-order valence-electron chi connectivity index (χ0n) is 9.36. The van der Waals surface area contributed by atoms with Crippen molar-refractivity contribution in [1.29, 1.82) is 0 Å². The van der Waals surface area contributed by atoms with Gasteiger partial charge in [0.25, 0.3) is 0 Å². The normalized spacial score (nSPS) is 12.5. The Kier molecular flexibility index (Phi) is 4.92. The maximum Gasteiger partial charge on any atom is 0.0793 e. The van der Waals surface area contributed by atoms with Gasteiger partial charge in [-0.25, -0.2) is 0 Å². The number of thioether (sulfide) groups is 1. The lowest BCUT2D eigenvalue weighted by Gasteiger charge is -2.11. The minimum atomic E-state index is -0.363. The molecule has 0 fully saturated rings. The lowest BCUT2D eigenvalue weighted by Crippen LogP contribution is -1.97. The first-order valence-electron chi connectivity index (χ1n) is 5.10. The molecule has 0 heterocycles. The third kappa shape index (κ3) is 4.10. The SMILES string of the molecule is C=C(C)CCC(O)c1ccc(SC)cc1. The van der Waals surface area contributed by atoms with Crippen molar-refractivity contribution < 1.29 is 5.11 Å². The van der Waals surface area contributed by atoms with Gasteiger partial charge < -0.3 is 5.11 Å². The summed E-state index contributed by atoms with van der Waals surface area (Å²) < 4.78 is 0. The minimum absolute atomic E-state index is 0.363. The van der Waals surface area contributed by atoms with Crippen LogP contribution in [0, 0.1) is 0 Å². The maximum absolute atomic E-state index is 9.89. The average Bonchev–Trinajstić information content (AvgIpc) is 2.26. The molecule has 1 atom stereocenters. The Balaban J connectivity index is 2.57. The summed E-state index contributed by atoms with van der Waals surface area (Å²) in [5, 5.41) is 9.89. The molecule has 1 N–H and O–H groups in total. The van der Waals surface area contributed by atoms with Gasteiger partial charge in [-0.2, -0.15) is 0 Å². The maximum atomic E-state index is 9.89. The Labute approximate surface area is 96.2 Å². The highest BCUT2D eigenvalue weighted by atomic mass is 32.2. The quantitative estimate of drug-likeness (QED) is 0.604. The Morgan fingerprint density at radius 2 is 2.00 bits per heavy atom. The van der Waals surface area contributed by atoms with Crippen molar-refractivity contribution in [3.63, 3.8) is 0 Å². The lowest BCUT2D eigenvalue weighted by atomic mass is 10.0. The van der Waals surface area contributed by atoms with Crippen molar-refractivity contribution >= 4 is 11.8 Å². The first-order valence-corrected chi connectivity index (χ1v) is 6.32.